The van der Waals surface area contributed by atoms with Gasteiger partial charge < -0.3 is 9.64 Å². The van der Waals surface area contributed by atoms with E-state index in [0.29, 0.717) is 12.2 Å². The number of carbonyl (C=O) groups is 1. The first-order chi connectivity index (χ1) is 8.17. The van der Waals surface area contributed by atoms with Gasteiger partial charge in [0.2, 0.25) is 0 Å². The van der Waals surface area contributed by atoms with Gasteiger partial charge in [0.25, 0.3) is 0 Å². The Morgan fingerprint density at radius 3 is 3.00 bits per heavy atom. The largest absolute Gasteiger partial charge is 0.462 e. The van der Waals surface area contributed by atoms with E-state index in [0.717, 1.165) is 23.4 Å². The van der Waals surface area contributed by atoms with Crippen LogP contribution in [-0.4, -0.2) is 24.5 Å². The number of hydrogen-bond acceptors (Lipinski definition) is 3. The monoisotopic (exact) mass is 229 g/mol. The van der Waals surface area contributed by atoms with Gasteiger partial charge in [0.15, 0.2) is 0 Å². The minimum atomic E-state index is -0.269. The van der Waals surface area contributed by atoms with Gasteiger partial charge in [0.05, 0.1) is 17.9 Å². The number of hydrogen-bond donors (Lipinski definition) is 0. The molecule has 0 N–H and O–H groups in total. The lowest BCUT2D eigenvalue weighted by Gasteiger charge is -2.09. The average molecular weight is 229 g/mol. The molecular weight excluding hydrogens is 214 g/mol. The summed E-state index contributed by atoms with van der Waals surface area (Å²) in [5.74, 6) is -0.269. The molecule has 0 bridgehead atoms. The molecule has 1 aromatic rings. The van der Waals surface area contributed by atoms with Crippen molar-refractivity contribution in [1.82, 2.24) is 4.90 Å². The Morgan fingerprint density at radius 2 is 2.35 bits per heavy atom. The third-order valence-electron chi connectivity index (χ3n) is 2.83. The number of esters is 1. The van der Waals surface area contributed by atoms with Crippen molar-refractivity contribution in [2.45, 2.75) is 13.5 Å². The van der Waals surface area contributed by atoms with E-state index in [2.05, 4.69) is 17.2 Å². The molecule has 0 atom stereocenters. The average Bonchev–Trinajstić information content (AvgIpc) is 2.63. The van der Waals surface area contributed by atoms with Crippen LogP contribution in [0, 0.1) is 0 Å². The van der Waals surface area contributed by atoms with Crippen molar-refractivity contribution < 1.29 is 9.53 Å². The predicted molar refractivity (Wildman–Crippen MR) is 66.4 cm³/mol. The van der Waals surface area contributed by atoms with Crippen molar-refractivity contribution in [3.8, 4) is 0 Å². The highest BCUT2D eigenvalue weighted by Gasteiger charge is 2.21. The molecule has 1 heterocycles. The van der Waals surface area contributed by atoms with Crippen molar-refractivity contribution >= 4 is 11.7 Å². The SMILES string of the molecule is C=C=C1c2ccc(C(=O)OCC)cc2CN1C. The molecule has 88 valence electrons. The van der Waals surface area contributed by atoms with Crippen LogP contribution in [0.4, 0.5) is 0 Å². The molecule has 0 aliphatic carbocycles. The van der Waals surface area contributed by atoms with E-state index in [1.807, 2.05) is 19.2 Å². The summed E-state index contributed by atoms with van der Waals surface area (Å²) in [4.78, 5) is 13.7. The lowest BCUT2D eigenvalue weighted by Crippen LogP contribution is -2.06. The smallest absolute Gasteiger partial charge is 0.338 e. The number of ether oxygens (including phenoxy) is 1. The molecule has 0 radical (unpaired) electrons. The highest BCUT2D eigenvalue weighted by molar-refractivity contribution is 5.90. The Hall–Kier alpha value is -1.99. The third-order valence-corrected chi connectivity index (χ3v) is 2.83. The lowest BCUT2D eigenvalue weighted by atomic mass is 10.1. The van der Waals surface area contributed by atoms with Gasteiger partial charge in [-0.2, -0.15) is 0 Å². The van der Waals surface area contributed by atoms with Crippen LogP contribution < -0.4 is 0 Å². The van der Waals surface area contributed by atoms with Crippen LogP contribution in [0.2, 0.25) is 0 Å². The third kappa shape index (κ3) is 1.97. The van der Waals surface area contributed by atoms with Crippen molar-refractivity contribution in [3.05, 3.63) is 47.2 Å². The molecule has 0 unspecified atom stereocenters. The summed E-state index contributed by atoms with van der Waals surface area (Å²) >= 11 is 0. The summed E-state index contributed by atoms with van der Waals surface area (Å²) in [6.45, 7) is 6.66. The van der Waals surface area contributed by atoms with E-state index in [1.165, 1.54) is 0 Å². The van der Waals surface area contributed by atoms with Gasteiger partial charge in [-0.25, -0.2) is 4.79 Å². The molecule has 17 heavy (non-hydrogen) atoms. The van der Waals surface area contributed by atoms with E-state index in [9.17, 15) is 4.79 Å². The number of benzene rings is 1. The fourth-order valence-electron chi connectivity index (χ4n) is 2.07. The number of carbonyl (C=O) groups excluding carboxylic acids is 1. The first kappa shape index (κ1) is 11.5. The topological polar surface area (TPSA) is 29.5 Å². The maximum atomic E-state index is 11.6. The van der Waals surface area contributed by atoms with E-state index >= 15 is 0 Å². The Balaban J connectivity index is 2.38. The van der Waals surface area contributed by atoms with Gasteiger partial charge in [0.1, 0.15) is 0 Å². The first-order valence-corrected chi connectivity index (χ1v) is 5.59. The van der Waals surface area contributed by atoms with E-state index < -0.39 is 0 Å². The second-order valence-corrected chi connectivity index (χ2v) is 3.97. The van der Waals surface area contributed by atoms with Crippen LogP contribution in [0.15, 0.2) is 30.5 Å². The molecule has 0 spiro atoms. The fraction of sp³-hybridized carbons (Fsp3) is 0.286. The van der Waals surface area contributed by atoms with Crippen molar-refractivity contribution in [1.29, 1.82) is 0 Å². The standard InChI is InChI=1S/C14H15NO2/c1-4-13-12-7-6-10(14(16)17-5-2)8-11(12)9-15(13)3/h6-8H,1,5,9H2,2-3H3. The lowest BCUT2D eigenvalue weighted by molar-refractivity contribution is 0.0526. The summed E-state index contributed by atoms with van der Waals surface area (Å²) < 4.78 is 4.98. The minimum Gasteiger partial charge on any atom is -0.462 e. The summed E-state index contributed by atoms with van der Waals surface area (Å²) in [5, 5.41) is 0. The van der Waals surface area contributed by atoms with Crippen molar-refractivity contribution in [2.24, 2.45) is 0 Å². The van der Waals surface area contributed by atoms with Crippen molar-refractivity contribution in [2.75, 3.05) is 13.7 Å². The van der Waals surface area contributed by atoms with Gasteiger partial charge in [-0.05, 0) is 24.6 Å². The Bertz CT molecular complexity index is 513. The summed E-state index contributed by atoms with van der Waals surface area (Å²) in [5.41, 5.74) is 6.71. The molecule has 1 aliphatic heterocycles. The minimum absolute atomic E-state index is 0.269. The molecule has 0 saturated carbocycles. The number of rotatable bonds is 2. The zero-order chi connectivity index (χ0) is 12.4. The van der Waals surface area contributed by atoms with Crippen LogP contribution in [0.3, 0.4) is 0 Å². The number of nitrogens with zero attached hydrogens (tertiary/aromatic N) is 1. The molecule has 3 heteroatoms. The van der Waals surface area contributed by atoms with Gasteiger partial charge in [-0.3, -0.25) is 0 Å². The quantitative estimate of drug-likeness (QED) is 0.576. The van der Waals surface area contributed by atoms with Crippen LogP contribution in [-0.2, 0) is 11.3 Å². The second kappa shape index (κ2) is 4.48. The summed E-state index contributed by atoms with van der Waals surface area (Å²) in [6.07, 6.45) is 0. The summed E-state index contributed by atoms with van der Waals surface area (Å²) in [6, 6.07) is 5.60. The zero-order valence-electron chi connectivity index (χ0n) is 10.1. The maximum absolute atomic E-state index is 11.6. The Kier molecular flexibility index (Phi) is 3.03. The van der Waals surface area contributed by atoms with Gasteiger partial charge >= 0.3 is 5.97 Å². The normalized spacial score (nSPS) is 13.3. The molecular formula is C14H15NO2. The molecule has 1 aromatic carbocycles. The highest BCUT2D eigenvalue weighted by atomic mass is 16.5. The fourth-order valence-corrected chi connectivity index (χ4v) is 2.07. The highest BCUT2D eigenvalue weighted by Crippen LogP contribution is 2.31. The number of fused-ring (bicyclic) bond motifs is 1. The maximum Gasteiger partial charge on any atom is 0.338 e. The molecule has 1 aliphatic rings. The first-order valence-electron chi connectivity index (χ1n) is 5.59. The van der Waals surface area contributed by atoms with Gasteiger partial charge in [-0.15, -0.1) is 5.73 Å². The van der Waals surface area contributed by atoms with E-state index in [1.54, 1.807) is 13.0 Å². The van der Waals surface area contributed by atoms with E-state index in [4.69, 9.17) is 4.74 Å². The zero-order valence-corrected chi connectivity index (χ0v) is 10.1. The van der Waals surface area contributed by atoms with Crippen molar-refractivity contribution in [3.63, 3.8) is 0 Å². The predicted octanol–water partition coefficient (Wildman–Crippen LogP) is 2.43. The molecule has 0 aromatic heterocycles. The molecule has 0 fully saturated rings. The van der Waals surface area contributed by atoms with Gasteiger partial charge in [-0.1, -0.05) is 12.6 Å². The molecule has 0 saturated heterocycles. The van der Waals surface area contributed by atoms with Crippen LogP contribution in [0.25, 0.3) is 5.70 Å². The van der Waals surface area contributed by atoms with E-state index in [-0.39, 0.29) is 5.97 Å². The molecule has 0 amide bonds. The van der Waals surface area contributed by atoms with Crippen LogP contribution in [0.5, 0.6) is 0 Å². The van der Waals surface area contributed by atoms with Gasteiger partial charge in [0, 0.05) is 19.2 Å². The Labute approximate surface area is 101 Å². The summed E-state index contributed by atoms with van der Waals surface area (Å²) in [7, 11) is 1.98. The molecule has 2 rings (SSSR count). The second-order valence-electron chi connectivity index (χ2n) is 3.97. The van der Waals surface area contributed by atoms with Crippen LogP contribution >= 0.6 is 0 Å². The van der Waals surface area contributed by atoms with Crippen LogP contribution in [0.1, 0.15) is 28.4 Å². The molecule has 3 nitrogen and oxygen atoms in total. The Morgan fingerprint density at radius 1 is 1.59 bits per heavy atom.